The monoisotopic (exact) mass is 282 g/mol. The van der Waals surface area contributed by atoms with Crippen LogP contribution in [0.3, 0.4) is 0 Å². The molecule has 0 unspecified atom stereocenters. The average Bonchev–Trinajstić information content (AvgIpc) is 2.89. The number of fused-ring (bicyclic) bond motifs is 1. The Morgan fingerprint density at radius 1 is 1.33 bits per heavy atom. The number of nitro benzene ring substituents is 1. The van der Waals surface area contributed by atoms with E-state index in [2.05, 4.69) is 15.0 Å². The molecule has 0 bridgehead atoms. The average molecular weight is 282 g/mol. The molecule has 6 nitrogen and oxygen atoms in total. The van der Waals surface area contributed by atoms with Crippen molar-refractivity contribution < 1.29 is 4.92 Å². The number of pyridine rings is 1. The quantitative estimate of drug-likeness (QED) is 0.589. The van der Waals surface area contributed by atoms with Crippen LogP contribution in [0.15, 0.2) is 30.5 Å². The molecule has 3 rings (SSSR count). The van der Waals surface area contributed by atoms with Crippen molar-refractivity contribution in [2.24, 2.45) is 0 Å². The third-order valence-corrected chi connectivity index (χ3v) is 3.44. The van der Waals surface area contributed by atoms with Gasteiger partial charge >= 0.3 is 0 Å². The number of hydrogen-bond donors (Lipinski definition) is 1. The van der Waals surface area contributed by atoms with E-state index < -0.39 is 0 Å². The summed E-state index contributed by atoms with van der Waals surface area (Å²) < 4.78 is 0. The fourth-order valence-corrected chi connectivity index (χ4v) is 2.29. The Hall–Kier alpha value is -2.76. The van der Waals surface area contributed by atoms with Crippen molar-refractivity contribution in [1.29, 1.82) is 0 Å². The minimum Gasteiger partial charge on any atom is -0.338 e. The predicted molar refractivity (Wildman–Crippen MR) is 80.1 cm³/mol. The number of imidazole rings is 1. The molecular formula is C15H14N4O2. The highest BCUT2D eigenvalue weighted by Crippen LogP contribution is 2.27. The first kappa shape index (κ1) is 13.2. The van der Waals surface area contributed by atoms with Crippen LogP contribution in [0.25, 0.3) is 22.4 Å². The van der Waals surface area contributed by atoms with Gasteiger partial charge in [-0.2, -0.15) is 0 Å². The van der Waals surface area contributed by atoms with Gasteiger partial charge in [0.05, 0.1) is 16.0 Å². The molecule has 0 atom stereocenters. The Labute approximate surface area is 121 Å². The molecule has 0 saturated carbocycles. The predicted octanol–water partition coefficient (Wildman–Crippen LogP) is 3.40. The molecule has 1 aromatic carbocycles. The molecular weight excluding hydrogens is 268 g/mol. The summed E-state index contributed by atoms with van der Waals surface area (Å²) in [7, 11) is 0. The molecule has 0 saturated heterocycles. The van der Waals surface area contributed by atoms with Gasteiger partial charge in [-0.3, -0.25) is 15.1 Å². The first-order valence-corrected chi connectivity index (χ1v) is 6.68. The van der Waals surface area contributed by atoms with Crippen LogP contribution >= 0.6 is 0 Å². The Bertz CT molecular complexity index is 822. The van der Waals surface area contributed by atoms with E-state index in [0.717, 1.165) is 16.8 Å². The van der Waals surface area contributed by atoms with Gasteiger partial charge in [-0.25, -0.2) is 4.98 Å². The zero-order valence-corrected chi connectivity index (χ0v) is 11.8. The molecule has 0 aliphatic heterocycles. The van der Waals surface area contributed by atoms with Crippen molar-refractivity contribution >= 4 is 16.7 Å². The number of nitrogens with zero attached hydrogens (tertiary/aromatic N) is 3. The van der Waals surface area contributed by atoms with E-state index in [1.807, 2.05) is 26.0 Å². The smallest absolute Gasteiger partial charge is 0.274 e. The Morgan fingerprint density at radius 2 is 2.14 bits per heavy atom. The SMILES string of the molecule is CCc1cc2nc(-c3ccc(C)nc3)[nH]c2cc1[N+](=O)[O-]. The lowest BCUT2D eigenvalue weighted by atomic mass is 10.1. The van der Waals surface area contributed by atoms with E-state index >= 15 is 0 Å². The molecule has 21 heavy (non-hydrogen) atoms. The number of aromatic amines is 1. The highest BCUT2D eigenvalue weighted by molar-refractivity contribution is 5.82. The highest BCUT2D eigenvalue weighted by Gasteiger charge is 2.16. The second kappa shape index (κ2) is 4.97. The molecule has 0 spiro atoms. The van der Waals surface area contributed by atoms with E-state index in [-0.39, 0.29) is 10.6 Å². The number of benzene rings is 1. The molecule has 0 aliphatic rings. The molecule has 0 radical (unpaired) electrons. The number of hydrogen-bond acceptors (Lipinski definition) is 4. The normalized spacial score (nSPS) is 11.0. The number of aromatic nitrogens is 3. The Balaban J connectivity index is 2.15. The summed E-state index contributed by atoms with van der Waals surface area (Å²) in [5.41, 5.74) is 3.99. The molecule has 0 fully saturated rings. The molecule has 6 heteroatoms. The molecule has 2 aromatic heterocycles. The van der Waals surface area contributed by atoms with Crippen LogP contribution in [-0.4, -0.2) is 19.9 Å². The summed E-state index contributed by atoms with van der Waals surface area (Å²) >= 11 is 0. The third-order valence-electron chi connectivity index (χ3n) is 3.44. The van der Waals surface area contributed by atoms with E-state index in [1.165, 1.54) is 0 Å². The van der Waals surface area contributed by atoms with E-state index in [9.17, 15) is 10.1 Å². The van der Waals surface area contributed by atoms with E-state index in [1.54, 1.807) is 18.3 Å². The second-order valence-corrected chi connectivity index (χ2v) is 4.88. The zero-order valence-electron chi connectivity index (χ0n) is 11.8. The molecule has 1 N–H and O–H groups in total. The van der Waals surface area contributed by atoms with E-state index in [0.29, 0.717) is 23.3 Å². The van der Waals surface area contributed by atoms with Gasteiger partial charge in [-0.15, -0.1) is 0 Å². The number of H-pyrrole nitrogens is 1. The largest absolute Gasteiger partial charge is 0.338 e. The summed E-state index contributed by atoms with van der Waals surface area (Å²) in [5, 5.41) is 11.1. The fraction of sp³-hybridized carbons (Fsp3) is 0.200. The van der Waals surface area contributed by atoms with Crippen molar-refractivity contribution in [1.82, 2.24) is 15.0 Å². The first-order chi connectivity index (χ1) is 10.1. The molecule has 0 aliphatic carbocycles. The van der Waals surface area contributed by atoms with Crippen molar-refractivity contribution in [3.05, 3.63) is 51.8 Å². The minimum atomic E-state index is -0.355. The maximum Gasteiger partial charge on any atom is 0.274 e. The van der Waals surface area contributed by atoms with Gasteiger partial charge in [0.15, 0.2) is 0 Å². The van der Waals surface area contributed by atoms with Crippen molar-refractivity contribution in [2.75, 3.05) is 0 Å². The molecule has 3 aromatic rings. The van der Waals surface area contributed by atoms with Crippen LogP contribution in [0.2, 0.25) is 0 Å². The summed E-state index contributed by atoms with van der Waals surface area (Å²) in [5.74, 6) is 0.667. The molecule has 2 heterocycles. The van der Waals surface area contributed by atoms with Gasteiger partial charge < -0.3 is 4.98 Å². The van der Waals surface area contributed by atoms with Crippen LogP contribution in [0.5, 0.6) is 0 Å². The Kier molecular flexibility index (Phi) is 3.13. The number of aryl methyl sites for hydroxylation is 2. The van der Waals surface area contributed by atoms with Gasteiger partial charge in [-0.1, -0.05) is 6.92 Å². The standard InChI is InChI=1S/C15H14N4O2/c1-3-10-6-12-13(7-14(10)19(20)21)18-15(17-12)11-5-4-9(2)16-8-11/h4-8H,3H2,1-2H3,(H,17,18). The van der Waals surface area contributed by atoms with Crippen LogP contribution in [0, 0.1) is 17.0 Å². The number of nitro groups is 1. The molecule has 0 amide bonds. The lowest BCUT2D eigenvalue weighted by Gasteiger charge is -1.98. The third kappa shape index (κ3) is 2.35. The van der Waals surface area contributed by atoms with Gasteiger partial charge in [0.25, 0.3) is 5.69 Å². The number of nitrogens with one attached hydrogen (secondary N) is 1. The van der Waals surface area contributed by atoms with Crippen molar-refractivity contribution in [2.45, 2.75) is 20.3 Å². The van der Waals surface area contributed by atoms with Crippen LogP contribution < -0.4 is 0 Å². The lowest BCUT2D eigenvalue weighted by molar-refractivity contribution is -0.385. The van der Waals surface area contributed by atoms with Crippen LogP contribution in [-0.2, 0) is 6.42 Å². The summed E-state index contributed by atoms with van der Waals surface area (Å²) in [6.07, 6.45) is 2.34. The minimum absolute atomic E-state index is 0.127. The van der Waals surface area contributed by atoms with E-state index in [4.69, 9.17) is 0 Å². The zero-order chi connectivity index (χ0) is 15.0. The van der Waals surface area contributed by atoms with Crippen molar-refractivity contribution in [3.8, 4) is 11.4 Å². The van der Waals surface area contributed by atoms with Gasteiger partial charge in [0.2, 0.25) is 0 Å². The summed E-state index contributed by atoms with van der Waals surface area (Å²) in [4.78, 5) is 22.6. The maximum atomic E-state index is 11.1. The lowest BCUT2D eigenvalue weighted by Crippen LogP contribution is -1.94. The Morgan fingerprint density at radius 3 is 2.76 bits per heavy atom. The summed E-state index contributed by atoms with van der Waals surface area (Å²) in [6.45, 7) is 3.81. The fourth-order valence-electron chi connectivity index (χ4n) is 2.29. The van der Waals surface area contributed by atoms with Gasteiger partial charge in [0, 0.05) is 29.1 Å². The van der Waals surface area contributed by atoms with Gasteiger partial charge in [-0.05, 0) is 31.5 Å². The second-order valence-electron chi connectivity index (χ2n) is 4.88. The van der Waals surface area contributed by atoms with Crippen LogP contribution in [0.1, 0.15) is 18.2 Å². The van der Waals surface area contributed by atoms with Crippen LogP contribution in [0.4, 0.5) is 5.69 Å². The topological polar surface area (TPSA) is 84.7 Å². The van der Waals surface area contributed by atoms with Gasteiger partial charge in [0.1, 0.15) is 5.82 Å². The van der Waals surface area contributed by atoms with Crippen molar-refractivity contribution in [3.63, 3.8) is 0 Å². The highest BCUT2D eigenvalue weighted by atomic mass is 16.6. The first-order valence-electron chi connectivity index (χ1n) is 6.68. The molecule has 106 valence electrons. The summed E-state index contributed by atoms with van der Waals surface area (Å²) in [6, 6.07) is 7.15. The maximum absolute atomic E-state index is 11.1. The number of rotatable bonds is 3.